The van der Waals surface area contributed by atoms with E-state index in [1.807, 2.05) is 43.3 Å². The van der Waals surface area contributed by atoms with Crippen LogP contribution >= 0.6 is 0 Å². The van der Waals surface area contributed by atoms with E-state index in [4.69, 9.17) is 4.74 Å². The van der Waals surface area contributed by atoms with Gasteiger partial charge < -0.3 is 15.4 Å². The first-order valence-electron chi connectivity index (χ1n) is 11.2. The summed E-state index contributed by atoms with van der Waals surface area (Å²) in [5, 5.41) is 5.87. The quantitative estimate of drug-likeness (QED) is 0.623. The van der Waals surface area contributed by atoms with Gasteiger partial charge in [-0.1, -0.05) is 49.4 Å². The topological polar surface area (TPSA) is 87.7 Å². The molecule has 0 radical (unpaired) electrons. The number of benzene rings is 2. The fraction of sp³-hybridized carbons (Fsp3) is 0.400. The molecule has 3 amide bonds. The fourth-order valence-corrected chi connectivity index (χ4v) is 3.91. The van der Waals surface area contributed by atoms with Gasteiger partial charge >= 0.3 is 6.09 Å². The molecule has 1 saturated heterocycles. The van der Waals surface area contributed by atoms with Crippen LogP contribution in [0.2, 0.25) is 0 Å². The number of rotatable bonds is 9. The number of hydrogen-bond acceptors (Lipinski definition) is 4. The summed E-state index contributed by atoms with van der Waals surface area (Å²) in [6.45, 7) is 2.84. The van der Waals surface area contributed by atoms with E-state index in [-0.39, 0.29) is 18.4 Å². The largest absolute Gasteiger partial charge is 0.438 e. The SMILES string of the molecule is CCCC(=O)Nc1cccc(C2OC(=O)N(Cc3ccccc3)C2C(=O)NCC2CC2)c1. The van der Waals surface area contributed by atoms with E-state index >= 15 is 0 Å². The molecule has 7 nitrogen and oxygen atoms in total. The van der Waals surface area contributed by atoms with Crippen molar-refractivity contribution in [2.24, 2.45) is 5.92 Å². The Hall–Kier alpha value is -3.35. The van der Waals surface area contributed by atoms with Crippen LogP contribution in [0.25, 0.3) is 0 Å². The van der Waals surface area contributed by atoms with Crippen LogP contribution in [-0.4, -0.2) is 35.4 Å². The van der Waals surface area contributed by atoms with Gasteiger partial charge in [0.2, 0.25) is 11.8 Å². The molecule has 1 heterocycles. The smallest absolute Gasteiger partial charge is 0.411 e. The van der Waals surface area contributed by atoms with E-state index in [0.717, 1.165) is 24.8 Å². The highest BCUT2D eigenvalue weighted by molar-refractivity contribution is 5.91. The third kappa shape index (κ3) is 5.28. The Morgan fingerprint density at radius 1 is 1.09 bits per heavy atom. The highest BCUT2D eigenvalue weighted by Crippen LogP contribution is 2.35. The maximum absolute atomic E-state index is 13.2. The van der Waals surface area contributed by atoms with Crippen LogP contribution in [0.15, 0.2) is 54.6 Å². The standard InChI is InChI=1S/C25H29N3O4/c1-2-7-21(29)27-20-11-6-10-19(14-20)23-22(24(30)26-15-17-12-13-17)28(25(31)32-23)16-18-8-4-3-5-9-18/h3-6,8-11,14,17,22-23H,2,7,12-13,15-16H2,1H3,(H,26,30)(H,27,29). The molecule has 2 atom stereocenters. The van der Waals surface area contributed by atoms with Crippen molar-refractivity contribution in [3.8, 4) is 0 Å². The number of hydrogen-bond donors (Lipinski definition) is 2. The van der Waals surface area contributed by atoms with E-state index in [9.17, 15) is 14.4 Å². The van der Waals surface area contributed by atoms with Crippen LogP contribution in [0.3, 0.4) is 0 Å². The van der Waals surface area contributed by atoms with Crippen molar-refractivity contribution < 1.29 is 19.1 Å². The van der Waals surface area contributed by atoms with Crippen LogP contribution in [-0.2, 0) is 20.9 Å². The molecule has 2 unspecified atom stereocenters. The number of carbonyl (C=O) groups is 3. The zero-order chi connectivity index (χ0) is 22.5. The molecule has 1 aliphatic heterocycles. The van der Waals surface area contributed by atoms with Crippen LogP contribution < -0.4 is 10.6 Å². The summed E-state index contributed by atoms with van der Waals surface area (Å²) in [6.07, 6.45) is 2.15. The molecule has 1 aliphatic carbocycles. The molecule has 4 rings (SSSR count). The number of cyclic esters (lactones) is 1. The van der Waals surface area contributed by atoms with Gasteiger partial charge in [-0.25, -0.2) is 4.79 Å². The van der Waals surface area contributed by atoms with Crippen LogP contribution in [0.1, 0.15) is 49.8 Å². The summed E-state index contributed by atoms with van der Waals surface area (Å²) >= 11 is 0. The van der Waals surface area contributed by atoms with E-state index in [0.29, 0.717) is 30.1 Å². The highest BCUT2D eigenvalue weighted by Gasteiger charge is 2.47. The molecule has 2 aromatic rings. The Bertz CT molecular complexity index is 974. The minimum atomic E-state index is -0.789. The Labute approximate surface area is 188 Å². The minimum absolute atomic E-state index is 0.0718. The zero-order valence-corrected chi connectivity index (χ0v) is 18.3. The maximum Gasteiger partial charge on any atom is 0.411 e. The average Bonchev–Trinajstić information content (AvgIpc) is 3.56. The minimum Gasteiger partial charge on any atom is -0.438 e. The number of nitrogens with one attached hydrogen (secondary N) is 2. The van der Waals surface area contributed by atoms with Crippen molar-refractivity contribution in [1.29, 1.82) is 0 Å². The Kier molecular flexibility index (Phi) is 6.73. The third-order valence-corrected chi connectivity index (χ3v) is 5.79. The Morgan fingerprint density at radius 3 is 2.59 bits per heavy atom. The first kappa shape index (κ1) is 21.9. The lowest BCUT2D eigenvalue weighted by Crippen LogP contribution is -2.46. The Morgan fingerprint density at radius 2 is 1.88 bits per heavy atom. The molecular formula is C25H29N3O4. The second-order valence-corrected chi connectivity index (χ2v) is 8.47. The highest BCUT2D eigenvalue weighted by atomic mass is 16.6. The monoisotopic (exact) mass is 435 g/mol. The van der Waals surface area contributed by atoms with Gasteiger partial charge in [0.15, 0.2) is 12.1 Å². The molecule has 2 aliphatic rings. The first-order chi connectivity index (χ1) is 15.5. The zero-order valence-electron chi connectivity index (χ0n) is 18.3. The summed E-state index contributed by atoms with van der Waals surface area (Å²) in [5.74, 6) is 0.233. The van der Waals surface area contributed by atoms with Gasteiger partial charge in [-0.05, 0) is 48.4 Å². The average molecular weight is 436 g/mol. The van der Waals surface area contributed by atoms with Crippen molar-refractivity contribution in [1.82, 2.24) is 10.2 Å². The predicted octanol–water partition coefficient (Wildman–Crippen LogP) is 4.01. The third-order valence-electron chi connectivity index (χ3n) is 5.79. The molecule has 168 valence electrons. The van der Waals surface area contributed by atoms with Gasteiger partial charge in [0.25, 0.3) is 0 Å². The second kappa shape index (κ2) is 9.85. The van der Waals surface area contributed by atoms with Gasteiger partial charge in [0.1, 0.15) is 0 Å². The van der Waals surface area contributed by atoms with Crippen LogP contribution in [0.4, 0.5) is 10.5 Å². The lowest BCUT2D eigenvalue weighted by Gasteiger charge is -2.24. The second-order valence-electron chi connectivity index (χ2n) is 8.47. The van der Waals surface area contributed by atoms with Gasteiger partial charge in [-0.15, -0.1) is 0 Å². The number of carbonyl (C=O) groups excluding carboxylic acids is 3. The normalized spacial score (nSPS) is 20.0. The van der Waals surface area contributed by atoms with Crippen molar-refractivity contribution in [3.63, 3.8) is 0 Å². The van der Waals surface area contributed by atoms with E-state index in [1.54, 1.807) is 18.2 Å². The lowest BCUT2D eigenvalue weighted by molar-refractivity contribution is -0.126. The molecule has 2 N–H and O–H groups in total. The van der Waals surface area contributed by atoms with Gasteiger partial charge in [-0.3, -0.25) is 14.5 Å². The van der Waals surface area contributed by atoms with E-state index < -0.39 is 18.2 Å². The Balaban J connectivity index is 1.58. The van der Waals surface area contributed by atoms with Crippen LogP contribution in [0, 0.1) is 5.92 Å². The van der Waals surface area contributed by atoms with Gasteiger partial charge in [0.05, 0.1) is 6.54 Å². The molecule has 0 spiro atoms. The van der Waals surface area contributed by atoms with Crippen molar-refractivity contribution in [2.45, 2.75) is 51.3 Å². The molecule has 7 heteroatoms. The van der Waals surface area contributed by atoms with E-state index in [1.165, 1.54) is 4.90 Å². The number of ether oxygens (including phenoxy) is 1. The molecule has 0 bridgehead atoms. The number of anilines is 1. The number of amides is 3. The van der Waals surface area contributed by atoms with Gasteiger partial charge in [0, 0.05) is 18.7 Å². The van der Waals surface area contributed by atoms with E-state index in [2.05, 4.69) is 10.6 Å². The summed E-state index contributed by atoms with van der Waals surface area (Å²) in [7, 11) is 0. The number of nitrogens with zero attached hydrogens (tertiary/aromatic N) is 1. The predicted molar refractivity (Wildman–Crippen MR) is 121 cm³/mol. The summed E-state index contributed by atoms with van der Waals surface area (Å²) in [5.41, 5.74) is 2.22. The van der Waals surface area contributed by atoms with Gasteiger partial charge in [-0.2, -0.15) is 0 Å². The molecule has 1 saturated carbocycles. The molecule has 2 aromatic carbocycles. The first-order valence-corrected chi connectivity index (χ1v) is 11.2. The summed E-state index contributed by atoms with van der Waals surface area (Å²) in [6, 6.07) is 15.9. The van der Waals surface area contributed by atoms with Crippen molar-refractivity contribution >= 4 is 23.6 Å². The van der Waals surface area contributed by atoms with Crippen molar-refractivity contribution in [2.75, 3.05) is 11.9 Å². The van der Waals surface area contributed by atoms with Crippen molar-refractivity contribution in [3.05, 3.63) is 65.7 Å². The fourth-order valence-electron chi connectivity index (χ4n) is 3.91. The van der Waals surface area contributed by atoms with Crippen LogP contribution in [0.5, 0.6) is 0 Å². The maximum atomic E-state index is 13.2. The molecule has 2 fully saturated rings. The summed E-state index contributed by atoms with van der Waals surface area (Å²) in [4.78, 5) is 39.5. The molecule has 0 aromatic heterocycles. The lowest BCUT2D eigenvalue weighted by atomic mass is 10.00. The molecule has 32 heavy (non-hydrogen) atoms. The molecular weight excluding hydrogens is 406 g/mol. The summed E-state index contributed by atoms with van der Waals surface area (Å²) < 4.78 is 5.71.